The van der Waals surface area contributed by atoms with Crippen molar-refractivity contribution in [1.29, 1.82) is 0 Å². The molecule has 0 aliphatic carbocycles. The molecule has 0 saturated carbocycles. The smallest absolute Gasteiger partial charge is 0.232 e. The molecule has 0 unspecified atom stereocenters. The molecule has 0 atom stereocenters. The van der Waals surface area contributed by atoms with Gasteiger partial charge < -0.3 is 9.84 Å². The van der Waals surface area contributed by atoms with Crippen LogP contribution in [-0.2, 0) is 6.61 Å². The van der Waals surface area contributed by atoms with Crippen LogP contribution in [0.25, 0.3) is 0 Å². The molecule has 4 nitrogen and oxygen atoms in total. The highest BCUT2D eigenvalue weighted by atomic mass is 16.5. The average Bonchev–Trinajstić information content (AvgIpc) is 2.15. The molecule has 0 aromatic carbocycles. The van der Waals surface area contributed by atoms with Gasteiger partial charge in [0, 0.05) is 0 Å². The summed E-state index contributed by atoms with van der Waals surface area (Å²) in [7, 11) is 0. The van der Waals surface area contributed by atoms with Crippen LogP contribution in [0.2, 0.25) is 0 Å². The summed E-state index contributed by atoms with van der Waals surface area (Å²) in [4.78, 5) is 7.77. The molecule has 4 heteroatoms. The Kier molecular flexibility index (Phi) is 3.22. The van der Waals surface area contributed by atoms with Crippen LogP contribution in [0, 0.1) is 0 Å². The second-order valence-corrected chi connectivity index (χ2v) is 2.11. The lowest BCUT2D eigenvalue weighted by molar-refractivity contribution is 0.271. The second kappa shape index (κ2) is 4.46. The van der Waals surface area contributed by atoms with Crippen LogP contribution in [0.5, 0.6) is 5.88 Å². The SMILES string of the molecule is C=CCOc1cncc(CO)n1. The highest BCUT2D eigenvalue weighted by Crippen LogP contribution is 2.04. The zero-order valence-electron chi connectivity index (χ0n) is 6.60. The summed E-state index contributed by atoms with van der Waals surface area (Å²) < 4.78 is 5.09. The van der Waals surface area contributed by atoms with Crippen LogP contribution < -0.4 is 4.74 Å². The first-order valence-corrected chi connectivity index (χ1v) is 3.52. The Morgan fingerprint density at radius 2 is 2.42 bits per heavy atom. The van der Waals surface area contributed by atoms with E-state index >= 15 is 0 Å². The minimum Gasteiger partial charge on any atom is -0.472 e. The molecule has 0 spiro atoms. The van der Waals surface area contributed by atoms with E-state index in [2.05, 4.69) is 16.5 Å². The molecule has 0 aliphatic heterocycles. The van der Waals surface area contributed by atoms with Gasteiger partial charge in [-0.05, 0) is 0 Å². The molecule has 1 aromatic heterocycles. The highest BCUT2D eigenvalue weighted by Gasteiger charge is 1.96. The summed E-state index contributed by atoms with van der Waals surface area (Å²) in [5.41, 5.74) is 0.497. The van der Waals surface area contributed by atoms with Crippen molar-refractivity contribution in [3.8, 4) is 5.88 Å². The second-order valence-electron chi connectivity index (χ2n) is 2.11. The summed E-state index contributed by atoms with van der Waals surface area (Å²) in [6, 6.07) is 0. The fourth-order valence-electron chi connectivity index (χ4n) is 0.676. The Morgan fingerprint density at radius 1 is 1.58 bits per heavy atom. The zero-order chi connectivity index (χ0) is 8.81. The van der Waals surface area contributed by atoms with Crippen molar-refractivity contribution in [2.45, 2.75) is 6.61 Å². The van der Waals surface area contributed by atoms with E-state index in [0.29, 0.717) is 18.2 Å². The Morgan fingerprint density at radius 3 is 3.08 bits per heavy atom. The lowest BCUT2D eigenvalue weighted by Crippen LogP contribution is -1.98. The van der Waals surface area contributed by atoms with Gasteiger partial charge in [-0.25, -0.2) is 4.98 Å². The maximum absolute atomic E-state index is 8.71. The van der Waals surface area contributed by atoms with E-state index in [9.17, 15) is 0 Å². The molecule has 0 bridgehead atoms. The van der Waals surface area contributed by atoms with Gasteiger partial charge in [0.05, 0.1) is 24.7 Å². The van der Waals surface area contributed by atoms with Gasteiger partial charge in [-0.15, -0.1) is 0 Å². The molecule has 64 valence electrons. The first-order valence-electron chi connectivity index (χ1n) is 3.52. The molecule has 1 aromatic rings. The maximum Gasteiger partial charge on any atom is 0.232 e. The number of aliphatic hydroxyl groups is 1. The zero-order valence-corrected chi connectivity index (χ0v) is 6.60. The van der Waals surface area contributed by atoms with Crippen LogP contribution in [0.3, 0.4) is 0 Å². The van der Waals surface area contributed by atoms with Crippen molar-refractivity contribution in [2.24, 2.45) is 0 Å². The molecule has 1 heterocycles. The van der Waals surface area contributed by atoms with Crippen LogP contribution >= 0.6 is 0 Å². The average molecular weight is 166 g/mol. The number of nitrogens with zero attached hydrogens (tertiary/aromatic N) is 2. The Balaban J connectivity index is 2.65. The molecule has 1 N–H and O–H groups in total. The van der Waals surface area contributed by atoms with E-state index in [1.807, 2.05) is 0 Å². The molecule has 1 rings (SSSR count). The number of hydrogen-bond donors (Lipinski definition) is 1. The molecule has 0 saturated heterocycles. The summed E-state index contributed by atoms with van der Waals surface area (Å²) in [6.07, 6.45) is 4.59. The van der Waals surface area contributed by atoms with Gasteiger partial charge in [-0.2, -0.15) is 0 Å². The van der Waals surface area contributed by atoms with Crippen LogP contribution in [-0.4, -0.2) is 21.7 Å². The minimum absolute atomic E-state index is 0.127. The van der Waals surface area contributed by atoms with Crippen molar-refractivity contribution >= 4 is 0 Å². The molecule has 0 fully saturated rings. The van der Waals surface area contributed by atoms with Crippen molar-refractivity contribution in [3.63, 3.8) is 0 Å². The van der Waals surface area contributed by atoms with Crippen molar-refractivity contribution in [2.75, 3.05) is 6.61 Å². The standard InChI is InChI=1S/C8H10N2O2/c1-2-3-12-8-5-9-4-7(6-11)10-8/h2,4-5,11H,1,3,6H2. The quantitative estimate of drug-likeness (QED) is 0.663. The molecule has 0 aliphatic rings. The lowest BCUT2D eigenvalue weighted by Gasteiger charge is -2.01. The molecule has 0 radical (unpaired) electrons. The van der Waals surface area contributed by atoms with Gasteiger partial charge in [0.15, 0.2) is 0 Å². The Labute approximate surface area is 70.5 Å². The van der Waals surface area contributed by atoms with Crippen molar-refractivity contribution < 1.29 is 9.84 Å². The number of aliphatic hydroxyl groups excluding tert-OH is 1. The highest BCUT2D eigenvalue weighted by molar-refractivity contribution is 5.07. The fourth-order valence-corrected chi connectivity index (χ4v) is 0.676. The van der Waals surface area contributed by atoms with Crippen LogP contribution in [0.1, 0.15) is 5.69 Å². The number of rotatable bonds is 4. The monoisotopic (exact) mass is 166 g/mol. The van der Waals surface area contributed by atoms with E-state index < -0.39 is 0 Å². The third-order valence-electron chi connectivity index (χ3n) is 1.17. The number of aromatic nitrogens is 2. The van der Waals surface area contributed by atoms with E-state index in [-0.39, 0.29) is 6.61 Å². The third-order valence-corrected chi connectivity index (χ3v) is 1.17. The molecular weight excluding hydrogens is 156 g/mol. The molecule has 12 heavy (non-hydrogen) atoms. The summed E-state index contributed by atoms with van der Waals surface area (Å²) in [6.45, 7) is 3.76. The van der Waals surface area contributed by atoms with Crippen molar-refractivity contribution in [3.05, 3.63) is 30.7 Å². The van der Waals surface area contributed by atoms with Gasteiger partial charge in [0.1, 0.15) is 6.61 Å². The first kappa shape index (κ1) is 8.67. The summed E-state index contributed by atoms with van der Waals surface area (Å²) in [5.74, 6) is 0.404. The number of hydrogen-bond acceptors (Lipinski definition) is 4. The molecule has 0 amide bonds. The topological polar surface area (TPSA) is 55.2 Å². The van der Waals surface area contributed by atoms with Gasteiger partial charge >= 0.3 is 0 Å². The molecular formula is C8H10N2O2. The maximum atomic E-state index is 8.71. The van der Waals surface area contributed by atoms with E-state index in [1.165, 1.54) is 12.4 Å². The normalized spacial score (nSPS) is 9.42. The predicted octanol–water partition coefficient (Wildman–Crippen LogP) is 0.534. The van der Waals surface area contributed by atoms with Crippen LogP contribution in [0.4, 0.5) is 0 Å². The third kappa shape index (κ3) is 2.32. The Bertz CT molecular complexity index is 263. The minimum atomic E-state index is -0.127. The van der Waals surface area contributed by atoms with Crippen LogP contribution in [0.15, 0.2) is 25.0 Å². The summed E-state index contributed by atoms with van der Waals surface area (Å²) >= 11 is 0. The van der Waals surface area contributed by atoms with E-state index in [4.69, 9.17) is 9.84 Å². The number of ether oxygens (including phenoxy) is 1. The predicted molar refractivity (Wildman–Crippen MR) is 43.6 cm³/mol. The lowest BCUT2D eigenvalue weighted by atomic mass is 10.5. The van der Waals surface area contributed by atoms with Gasteiger partial charge in [-0.1, -0.05) is 12.7 Å². The van der Waals surface area contributed by atoms with E-state index in [1.54, 1.807) is 6.08 Å². The Hall–Kier alpha value is -1.42. The van der Waals surface area contributed by atoms with Gasteiger partial charge in [0.25, 0.3) is 0 Å². The fraction of sp³-hybridized carbons (Fsp3) is 0.250. The largest absolute Gasteiger partial charge is 0.472 e. The first-order chi connectivity index (χ1) is 5.86. The summed E-state index contributed by atoms with van der Waals surface area (Å²) in [5, 5.41) is 8.71. The van der Waals surface area contributed by atoms with Gasteiger partial charge in [0.2, 0.25) is 5.88 Å². The van der Waals surface area contributed by atoms with E-state index in [0.717, 1.165) is 0 Å². The van der Waals surface area contributed by atoms with Crippen molar-refractivity contribution in [1.82, 2.24) is 9.97 Å². The van der Waals surface area contributed by atoms with Gasteiger partial charge in [-0.3, -0.25) is 4.98 Å².